The molecule has 0 amide bonds. The van der Waals surface area contributed by atoms with Crippen LogP contribution in [0.15, 0.2) is 52.9 Å². The van der Waals surface area contributed by atoms with Crippen LogP contribution in [0.3, 0.4) is 0 Å². The molecule has 20 heavy (non-hydrogen) atoms. The smallest absolute Gasteiger partial charge is 0.263 e. The third kappa shape index (κ3) is 2.63. The van der Waals surface area contributed by atoms with Crippen LogP contribution in [0.4, 0.5) is 5.69 Å². The number of sulfonamides is 1. The number of hydrogen-bond donors (Lipinski definition) is 1. The molecular weight excluding hydrogens is 316 g/mol. The zero-order chi connectivity index (χ0) is 14.2. The molecule has 1 aromatic carbocycles. The molecule has 0 aliphatic heterocycles. The molecule has 0 saturated carbocycles. The lowest BCUT2D eigenvalue weighted by Gasteiger charge is -2.07. The van der Waals surface area contributed by atoms with Crippen LogP contribution in [0.1, 0.15) is 0 Å². The van der Waals surface area contributed by atoms with Crippen LogP contribution in [-0.2, 0) is 10.0 Å². The number of hydrogen-bond acceptors (Lipinski definition) is 4. The maximum Gasteiger partial charge on any atom is 0.263 e. The minimum absolute atomic E-state index is 0.0762. The lowest BCUT2D eigenvalue weighted by Crippen LogP contribution is -2.13. The van der Waals surface area contributed by atoms with Gasteiger partial charge in [-0.2, -0.15) is 0 Å². The van der Waals surface area contributed by atoms with Crippen molar-refractivity contribution >= 4 is 48.7 Å². The number of rotatable bonds is 3. The minimum Gasteiger partial charge on any atom is -0.280 e. The Morgan fingerprint density at radius 3 is 2.75 bits per heavy atom. The predicted molar refractivity (Wildman–Crippen MR) is 81.9 cm³/mol. The van der Waals surface area contributed by atoms with E-state index in [1.54, 1.807) is 23.5 Å². The number of benzene rings is 1. The Labute approximate surface area is 125 Å². The average Bonchev–Trinajstić information content (AvgIpc) is 2.86. The van der Waals surface area contributed by atoms with E-state index in [0.29, 0.717) is 5.69 Å². The second kappa shape index (κ2) is 5.05. The molecule has 0 spiro atoms. The molecule has 0 atom stereocenters. The van der Waals surface area contributed by atoms with E-state index >= 15 is 0 Å². The second-order valence-electron chi connectivity index (χ2n) is 4.10. The molecule has 4 nitrogen and oxygen atoms in total. The van der Waals surface area contributed by atoms with Gasteiger partial charge in [0.15, 0.2) is 0 Å². The zero-order valence-corrected chi connectivity index (χ0v) is 12.5. The molecule has 7 heteroatoms. The van der Waals surface area contributed by atoms with Crippen molar-refractivity contribution in [1.82, 2.24) is 4.98 Å². The topological polar surface area (TPSA) is 59.1 Å². The van der Waals surface area contributed by atoms with Crippen molar-refractivity contribution in [3.8, 4) is 0 Å². The first-order valence-electron chi connectivity index (χ1n) is 5.66. The number of fused-ring (bicyclic) bond motifs is 1. The fraction of sp³-hybridized carbons (Fsp3) is 0. The molecule has 2 heterocycles. The van der Waals surface area contributed by atoms with Gasteiger partial charge in [-0.05, 0) is 47.2 Å². The molecule has 0 fully saturated rings. The molecule has 2 aromatic heterocycles. The Kier molecular flexibility index (Phi) is 3.37. The summed E-state index contributed by atoms with van der Waals surface area (Å²) in [5, 5.41) is 3.22. The van der Waals surface area contributed by atoms with Crippen LogP contribution in [-0.4, -0.2) is 13.4 Å². The van der Waals surface area contributed by atoms with Gasteiger partial charge in [0.1, 0.15) is 10.0 Å². The Morgan fingerprint density at radius 1 is 1.15 bits per heavy atom. The quantitative estimate of drug-likeness (QED) is 0.746. The van der Waals surface area contributed by atoms with E-state index in [1.165, 1.54) is 18.3 Å². The number of pyridine rings is 1. The first-order valence-corrected chi connectivity index (χ1v) is 8.40. The van der Waals surface area contributed by atoms with E-state index < -0.39 is 10.0 Å². The van der Waals surface area contributed by atoms with Gasteiger partial charge in [0.05, 0.1) is 0 Å². The summed E-state index contributed by atoms with van der Waals surface area (Å²) >= 11 is 7.26. The van der Waals surface area contributed by atoms with Crippen molar-refractivity contribution in [2.75, 3.05) is 4.72 Å². The highest BCUT2D eigenvalue weighted by Gasteiger charge is 2.14. The van der Waals surface area contributed by atoms with Crippen LogP contribution >= 0.6 is 22.9 Å². The number of halogens is 1. The maximum absolute atomic E-state index is 12.2. The third-order valence-corrected chi connectivity index (χ3v) is 5.20. The monoisotopic (exact) mass is 324 g/mol. The van der Waals surface area contributed by atoms with Crippen LogP contribution in [0.2, 0.25) is 5.15 Å². The summed E-state index contributed by atoms with van der Waals surface area (Å²) in [5.74, 6) is 0. The Balaban J connectivity index is 1.94. The molecule has 1 N–H and O–H groups in total. The van der Waals surface area contributed by atoms with Crippen molar-refractivity contribution in [2.24, 2.45) is 0 Å². The van der Waals surface area contributed by atoms with Crippen LogP contribution in [0, 0.1) is 0 Å². The number of nitrogens with one attached hydrogen (secondary N) is 1. The molecule has 0 saturated heterocycles. The van der Waals surface area contributed by atoms with Crippen LogP contribution < -0.4 is 4.72 Å². The molecule has 0 radical (unpaired) electrons. The van der Waals surface area contributed by atoms with Crippen molar-refractivity contribution in [3.63, 3.8) is 0 Å². The largest absolute Gasteiger partial charge is 0.280 e. The fourth-order valence-electron chi connectivity index (χ4n) is 1.77. The fourth-order valence-corrected chi connectivity index (χ4v) is 3.64. The summed E-state index contributed by atoms with van der Waals surface area (Å²) in [6.07, 6.45) is 1.23. The molecule has 0 aliphatic carbocycles. The summed E-state index contributed by atoms with van der Waals surface area (Å²) in [7, 11) is -3.65. The first kappa shape index (κ1) is 13.4. The zero-order valence-electron chi connectivity index (χ0n) is 10.1. The van der Waals surface area contributed by atoms with Crippen molar-refractivity contribution < 1.29 is 8.42 Å². The van der Waals surface area contributed by atoms with Gasteiger partial charge in [0.25, 0.3) is 10.0 Å². The predicted octanol–water partition coefficient (Wildman–Crippen LogP) is 3.75. The van der Waals surface area contributed by atoms with Gasteiger partial charge in [-0.3, -0.25) is 4.72 Å². The van der Waals surface area contributed by atoms with E-state index in [0.717, 1.165) is 10.1 Å². The summed E-state index contributed by atoms with van der Waals surface area (Å²) in [6, 6.07) is 10.2. The van der Waals surface area contributed by atoms with Gasteiger partial charge < -0.3 is 0 Å². The SMILES string of the molecule is O=S(=O)(Nc1ccc2sccc2c1)c1ccc(Cl)nc1. The van der Waals surface area contributed by atoms with E-state index in [2.05, 4.69) is 9.71 Å². The lowest BCUT2D eigenvalue weighted by atomic mass is 10.2. The van der Waals surface area contributed by atoms with Crippen molar-refractivity contribution in [2.45, 2.75) is 4.90 Å². The molecule has 0 unspecified atom stereocenters. The number of nitrogens with zero attached hydrogens (tertiary/aromatic N) is 1. The average molecular weight is 325 g/mol. The van der Waals surface area contributed by atoms with E-state index in [1.807, 2.05) is 17.5 Å². The lowest BCUT2D eigenvalue weighted by molar-refractivity contribution is 0.601. The second-order valence-corrected chi connectivity index (χ2v) is 7.11. The molecule has 3 rings (SSSR count). The number of thiophene rings is 1. The van der Waals surface area contributed by atoms with Gasteiger partial charge in [-0.15, -0.1) is 11.3 Å². The van der Waals surface area contributed by atoms with Crippen molar-refractivity contribution in [1.29, 1.82) is 0 Å². The van der Waals surface area contributed by atoms with Crippen molar-refractivity contribution in [3.05, 3.63) is 53.1 Å². The molecular formula is C13H9ClN2O2S2. The summed E-state index contributed by atoms with van der Waals surface area (Å²) in [4.78, 5) is 3.85. The van der Waals surface area contributed by atoms with Crippen LogP contribution in [0.25, 0.3) is 10.1 Å². The molecule has 102 valence electrons. The highest BCUT2D eigenvalue weighted by Crippen LogP contribution is 2.25. The molecule has 0 bridgehead atoms. The minimum atomic E-state index is -3.65. The van der Waals surface area contributed by atoms with Crippen LogP contribution in [0.5, 0.6) is 0 Å². The summed E-state index contributed by atoms with van der Waals surface area (Å²) in [5.41, 5.74) is 0.519. The third-order valence-electron chi connectivity index (χ3n) is 2.72. The highest BCUT2D eigenvalue weighted by atomic mass is 35.5. The maximum atomic E-state index is 12.2. The van der Waals surface area contributed by atoms with Gasteiger partial charge in [0.2, 0.25) is 0 Å². The van der Waals surface area contributed by atoms with E-state index in [-0.39, 0.29) is 10.0 Å². The standard InChI is InChI=1S/C13H9ClN2O2S2/c14-13-4-2-11(8-15-13)20(17,18)16-10-1-3-12-9(7-10)5-6-19-12/h1-8,16H. The Hall–Kier alpha value is -1.63. The van der Waals surface area contributed by atoms with Gasteiger partial charge >= 0.3 is 0 Å². The van der Waals surface area contributed by atoms with E-state index in [4.69, 9.17) is 11.6 Å². The number of aromatic nitrogens is 1. The van der Waals surface area contributed by atoms with Gasteiger partial charge in [0, 0.05) is 16.6 Å². The van der Waals surface area contributed by atoms with Gasteiger partial charge in [-0.1, -0.05) is 11.6 Å². The highest BCUT2D eigenvalue weighted by molar-refractivity contribution is 7.92. The molecule has 3 aromatic rings. The molecule has 0 aliphatic rings. The normalized spacial score (nSPS) is 11.7. The van der Waals surface area contributed by atoms with Gasteiger partial charge in [-0.25, -0.2) is 13.4 Å². The first-order chi connectivity index (χ1) is 9.54. The Bertz CT molecular complexity index is 857. The summed E-state index contributed by atoms with van der Waals surface area (Å²) in [6.45, 7) is 0. The number of anilines is 1. The summed E-state index contributed by atoms with van der Waals surface area (Å²) < 4.78 is 28.0. The Morgan fingerprint density at radius 2 is 2.00 bits per heavy atom. The van der Waals surface area contributed by atoms with E-state index in [9.17, 15) is 8.42 Å².